The summed E-state index contributed by atoms with van der Waals surface area (Å²) in [6.45, 7) is 2.91. The number of hydrogen-bond donors (Lipinski definition) is 2. The van der Waals surface area contributed by atoms with Crippen LogP contribution in [0.25, 0.3) is 0 Å². The van der Waals surface area contributed by atoms with Gasteiger partial charge in [0.2, 0.25) is 5.91 Å². The summed E-state index contributed by atoms with van der Waals surface area (Å²) in [4.78, 5) is 24.0. The van der Waals surface area contributed by atoms with Crippen molar-refractivity contribution < 1.29 is 19.4 Å². The molecule has 1 aliphatic carbocycles. The number of rotatable bonds is 13. The zero-order valence-electron chi connectivity index (χ0n) is 17.8. The van der Waals surface area contributed by atoms with Gasteiger partial charge in [0.15, 0.2) is 0 Å². The molecule has 0 bridgehead atoms. The van der Waals surface area contributed by atoms with Crippen LogP contribution in [0.3, 0.4) is 0 Å². The van der Waals surface area contributed by atoms with Gasteiger partial charge in [-0.2, -0.15) is 0 Å². The summed E-state index contributed by atoms with van der Waals surface area (Å²) in [6, 6.07) is 7.39. The molecule has 1 aromatic rings. The molecule has 0 spiro atoms. The van der Waals surface area contributed by atoms with Gasteiger partial charge < -0.3 is 15.2 Å². The van der Waals surface area contributed by atoms with Gasteiger partial charge in [0.1, 0.15) is 5.75 Å². The van der Waals surface area contributed by atoms with Crippen molar-refractivity contribution in [1.82, 2.24) is 0 Å². The molecule has 0 aromatic heterocycles. The summed E-state index contributed by atoms with van der Waals surface area (Å²) < 4.78 is 5.83. The second-order valence-electron chi connectivity index (χ2n) is 8.18. The molecule has 29 heavy (non-hydrogen) atoms. The van der Waals surface area contributed by atoms with Crippen molar-refractivity contribution >= 4 is 17.6 Å². The lowest BCUT2D eigenvalue weighted by atomic mass is 9.78. The van der Waals surface area contributed by atoms with E-state index in [0.29, 0.717) is 25.1 Å². The molecule has 1 fully saturated rings. The predicted molar refractivity (Wildman–Crippen MR) is 116 cm³/mol. The van der Waals surface area contributed by atoms with Crippen molar-refractivity contribution in [2.75, 3.05) is 11.9 Å². The van der Waals surface area contributed by atoms with Gasteiger partial charge in [-0.3, -0.25) is 9.59 Å². The minimum absolute atomic E-state index is 0.197. The summed E-state index contributed by atoms with van der Waals surface area (Å²) in [7, 11) is 0. The summed E-state index contributed by atoms with van der Waals surface area (Å²) >= 11 is 0. The van der Waals surface area contributed by atoms with E-state index in [-0.39, 0.29) is 5.91 Å². The molecule has 5 nitrogen and oxygen atoms in total. The number of carbonyl (C=O) groups is 2. The zero-order chi connectivity index (χ0) is 20.9. The molecule has 0 aliphatic heterocycles. The first-order valence-corrected chi connectivity index (χ1v) is 11.4. The minimum Gasteiger partial charge on any atom is -0.494 e. The standard InChI is InChI=1S/C24H37NO4/c1-2-3-4-5-6-7-8-11-17-29-20-14-12-13-19(18-20)25-23(26)21-15-9-10-16-22(21)24(27)28/h12-14,18,21-22H,2-11,15-17H2,1H3,(H,25,26)(H,27,28). The van der Waals surface area contributed by atoms with Crippen LogP contribution >= 0.6 is 0 Å². The van der Waals surface area contributed by atoms with Crippen molar-refractivity contribution in [2.24, 2.45) is 11.8 Å². The van der Waals surface area contributed by atoms with Crippen LogP contribution in [0.2, 0.25) is 0 Å². The minimum atomic E-state index is -0.868. The van der Waals surface area contributed by atoms with Crippen molar-refractivity contribution in [1.29, 1.82) is 0 Å². The van der Waals surface area contributed by atoms with Crippen molar-refractivity contribution in [3.05, 3.63) is 24.3 Å². The molecule has 0 radical (unpaired) electrons. The van der Waals surface area contributed by atoms with Gasteiger partial charge in [-0.1, -0.05) is 70.8 Å². The molecule has 162 valence electrons. The molecule has 1 amide bonds. The third-order valence-corrected chi connectivity index (χ3v) is 5.79. The van der Waals surface area contributed by atoms with Gasteiger partial charge >= 0.3 is 5.97 Å². The molecule has 1 aliphatic rings. The maximum Gasteiger partial charge on any atom is 0.307 e. The van der Waals surface area contributed by atoms with Crippen molar-refractivity contribution in [2.45, 2.75) is 84.0 Å². The molecule has 1 aromatic carbocycles. The van der Waals surface area contributed by atoms with Gasteiger partial charge in [-0.05, 0) is 31.4 Å². The molecule has 5 heteroatoms. The van der Waals surface area contributed by atoms with Gasteiger partial charge in [-0.15, -0.1) is 0 Å². The van der Waals surface area contributed by atoms with Crippen LogP contribution in [0.4, 0.5) is 5.69 Å². The maximum atomic E-state index is 12.6. The average Bonchev–Trinajstić information content (AvgIpc) is 2.73. The largest absolute Gasteiger partial charge is 0.494 e. The molecular weight excluding hydrogens is 366 g/mol. The number of amides is 1. The van der Waals surface area contributed by atoms with Crippen LogP contribution in [0.5, 0.6) is 5.75 Å². The number of carboxylic acid groups (broad SMARTS) is 1. The Morgan fingerprint density at radius 2 is 1.66 bits per heavy atom. The Balaban J connectivity index is 1.72. The smallest absolute Gasteiger partial charge is 0.307 e. The molecule has 1 saturated carbocycles. The van der Waals surface area contributed by atoms with E-state index in [9.17, 15) is 14.7 Å². The summed E-state index contributed by atoms with van der Waals surface area (Å²) in [5, 5.41) is 12.3. The normalized spacial score (nSPS) is 18.9. The Hall–Kier alpha value is -2.04. The number of aliphatic carboxylic acids is 1. The first kappa shape index (κ1) is 23.2. The quantitative estimate of drug-likeness (QED) is 0.394. The monoisotopic (exact) mass is 403 g/mol. The van der Waals surface area contributed by atoms with E-state index < -0.39 is 17.8 Å². The Morgan fingerprint density at radius 1 is 1.00 bits per heavy atom. The highest BCUT2D eigenvalue weighted by molar-refractivity contribution is 5.95. The number of nitrogens with one attached hydrogen (secondary N) is 1. The lowest BCUT2D eigenvalue weighted by Crippen LogP contribution is -2.36. The Bertz CT molecular complexity index is 631. The van der Waals surface area contributed by atoms with Crippen LogP contribution in [-0.4, -0.2) is 23.6 Å². The molecule has 0 heterocycles. The number of hydrogen-bond acceptors (Lipinski definition) is 3. The Morgan fingerprint density at radius 3 is 2.34 bits per heavy atom. The van der Waals surface area contributed by atoms with Gasteiger partial charge in [0, 0.05) is 11.8 Å². The van der Waals surface area contributed by atoms with Crippen molar-refractivity contribution in [3.8, 4) is 5.75 Å². The molecule has 2 unspecified atom stereocenters. The zero-order valence-corrected chi connectivity index (χ0v) is 17.8. The second kappa shape index (κ2) is 13.2. The fourth-order valence-electron chi connectivity index (χ4n) is 4.06. The van der Waals surface area contributed by atoms with Gasteiger partial charge in [-0.25, -0.2) is 0 Å². The van der Waals surface area contributed by atoms with Crippen LogP contribution in [0.1, 0.15) is 84.0 Å². The lowest BCUT2D eigenvalue weighted by Gasteiger charge is -2.27. The first-order chi connectivity index (χ1) is 14.1. The number of carbonyl (C=O) groups excluding carboxylic acids is 1. The van der Waals surface area contributed by atoms with Crippen molar-refractivity contribution in [3.63, 3.8) is 0 Å². The van der Waals surface area contributed by atoms with E-state index in [1.807, 2.05) is 24.3 Å². The third-order valence-electron chi connectivity index (χ3n) is 5.79. The Labute approximate surface area is 175 Å². The van der Waals surface area contributed by atoms with E-state index in [2.05, 4.69) is 12.2 Å². The highest BCUT2D eigenvalue weighted by atomic mass is 16.5. The number of unbranched alkanes of at least 4 members (excludes halogenated alkanes) is 7. The third kappa shape index (κ3) is 8.46. The highest BCUT2D eigenvalue weighted by Gasteiger charge is 2.35. The summed E-state index contributed by atoms with van der Waals surface area (Å²) in [5.74, 6) is -1.36. The Kier molecular flexibility index (Phi) is 10.6. The first-order valence-electron chi connectivity index (χ1n) is 11.4. The SMILES string of the molecule is CCCCCCCCCCOc1cccc(NC(=O)C2CCCCC2C(=O)O)c1. The van der Waals surface area contributed by atoms with Crippen LogP contribution in [-0.2, 0) is 9.59 Å². The molecule has 2 N–H and O–H groups in total. The van der Waals surface area contributed by atoms with Gasteiger partial charge in [0.25, 0.3) is 0 Å². The topological polar surface area (TPSA) is 75.6 Å². The second-order valence-corrected chi connectivity index (χ2v) is 8.18. The van der Waals surface area contributed by atoms with Crippen LogP contribution < -0.4 is 10.1 Å². The van der Waals surface area contributed by atoms with E-state index in [4.69, 9.17) is 4.74 Å². The van der Waals surface area contributed by atoms with Crippen LogP contribution in [0, 0.1) is 11.8 Å². The average molecular weight is 404 g/mol. The van der Waals surface area contributed by atoms with E-state index in [1.165, 1.54) is 44.9 Å². The van der Waals surface area contributed by atoms with E-state index in [1.54, 1.807) is 0 Å². The lowest BCUT2D eigenvalue weighted by molar-refractivity contribution is -0.147. The van der Waals surface area contributed by atoms with Crippen LogP contribution in [0.15, 0.2) is 24.3 Å². The van der Waals surface area contributed by atoms with E-state index in [0.717, 1.165) is 25.0 Å². The maximum absolute atomic E-state index is 12.6. The number of ether oxygens (including phenoxy) is 1. The highest BCUT2D eigenvalue weighted by Crippen LogP contribution is 2.31. The summed E-state index contributed by atoms with van der Waals surface area (Å²) in [5.41, 5.74) is 0.665. The number of anilines is 1. The van der Waals surface area contributed by atoms with Gasteiger partial charge in [0.05, 0.1) is 18.4 Å². The summed E-state index contributed by atoms with van der Waals surface area (Å²) in [6.07, 6.45) is 13.1. The van der Waals surface area contributed by atoms with E-state index >= 15 is 0 Å². The number of benzene rings is 1. The fraction of sp³-hybridized carbons (Fsp3) is 0.667. The molecule has 2 atom stereocenters. The predicted octanol–water partition coefficient (Wildman–Crippen LogP) is 6.04. The number of carboxylic acids is 1. The molecule has 0 saturated heterocycles. The fourth-order valence-corrected chi connectivity index (χ4v) is 4.06. The molecule has 2 rings (SSSR count). The molecular formula is C24H37NO4.